The van der Waals surface area contributed by atoms with Gasteiger partial charge in [-0.25, -0.2) is 0 Å². The molecule has 12 aromatic rings. The molecule has 1 aromatic heterocycles. The van der Waals surface area contributed by atoms with Gasteiger partial charge >= 0.3 is 0 Å². The number of aromatic nitrogens is 1. The van der Waals surface area contributed by atoms with Gasteiger partial charge in [-0.1, -0.05) is 146 Å². The Morgan fingerprint density at radius 3 is 0.800 bits per heavy atom. The Morgan fingerprint density at radius 1 is 0.214 bits per heavy atom. The number of hydrogen-bond acceptors (Lipinski definition) is 3. The predicted octanol–water partition coefficient (Wildman–Crippen LogP) is 17.5. The van der Waals surface area contributed by atoms with Gasteiger partial charge in [0.15, 0.2) is 12.4 Å². The number of benzene rings is 11. The van der Waals surface area contributed by atoms with Gasteiger partial charge in [-0.05, 0) is 154 Å². The summed E-state index contributed by atoms with van der Waals surface area (Å²) in [6, 6.07) is 100. The minimum absolute atomic E-state index is 0.139. The lowest BCUT2D eigenvalue weighted by molar-refractivity contribution is -0.704. The van der Waals surface area contributed by atoms with E-state index in [2.05, 4.69) is 311 Å². The van der Waals surface area contributed by atoms with Crippen LogP contribution in [-0.2, 0) is 0 Å². The third-order valence-corrected chi connectivity index (χ3v) is 13.3. The minimum atomic E-state index is -0.139. The maximum Gasteiger partial charge on any atom is 0.208 e. The van der Waals surface area contributed by atoms with E-state index in [1.165, 1.54) is 43.4 Å². The van der Waals surface area contributed by atoms with Crippen LogP contribution in [0.4, 0.5) is 51.2 Å². The molecule has 0 spiro atoms. The number of rotatable bonds is 12. The summed E-state index contributed by atoms with van der Waals surface area (Å²) < 4.78 is 2.34. The smallest absolute Gasteiger partial charge is 0.208 e. The molecule has 4 heteroatoms. The van der Waals surface area contributed by atoms with Crippen LogP contribution in [0.15, 0.2) is 291 Å². The Morgan fingerprint density at radius 2 is 0.471 bits per heavy atom. The molecule has 0 amide bonds. The lowest BCUT2D eigenvalue weighted by atomic mass is 9.97. The predicted molar refractivity (Wildman–Crippen MR) is 293 cm³/mol. The van der Waals surface area contributed by atoms with E-state index in [0.29, 0.717) is 0 Å². The van der Waals surface area contributed by atoms with E-state index in [0.717, 1.165) is 51.2 Å². The molecule has 0 unspecified atom stereocenters. The Balaban J connectivity index is 0.961. The van der Waals surface area contributed by atoms with Crippen molar-refractivity contribution in [2.75, 3.05) is 14.7 Å². The van der Waals surface area contributed by atoms with E-state index < -0.39 is 0 Å². The van der Waals surface area contributed by atoms with Gasteiger partial charge in [0.2, 0.25) is 6.04 Å². The first-order valence-corrected chi connectivity index (χ1v) is 23.9. The van der Waals surface area contributed by atoms with E-state index in [9.17, 15) is 0 Å². The standard InChI is InChI=1S/C66H49N4/c1-4-22-57(23-5-1)68(63-39-28-49-16-10-13-19-54(49)46-63)60-35-31-52(32-36-60)66(53-33-37-61(38-34-53)69(58-24-6-2-7-25-58)64-40-29-50-17-11-14-20-55(50)47-64)67-44-42-62(43-45-67)70(59-26-8-3-9-27-59)65-41-30-51-18-12-15-21-56(51)48-65/h1-48,66H/q+1. The van der Waals surface area contributed by atoms with Crippen LogP contribution >= 0.6 is 0 Å². The highest BCUT2D eigenvalue weighted by Crippen LogP contribution is 2.40. The van der Waals surface area contributed by atoms with Gasteiger partial charge in [0.05, 0.1) is 5.69 Å². The van der Waals surface area contributed by atoms with Crippen molar-refractivity contribution in [3.05, 3.63) is 303 Å². The second-order valence-corrected chi connectivity index (χ2v) is 17.7. The highest BCUT2D eigenvalue weighted by molar-refractivity contribution is 5.92. The molecule has 0 aliphatic rings. The second kappa shape index (κ2) is 18.8. The third kappa shape index (κ3) is 8.40. The summed E-state index contributed by atoms with van der Waals surface area (Å²) in [6.07, 6.45) is 4.46. The molecular formula is C66H49N4+. The molecule has 12 rings (SSSR count). The van der Waals surface area contributed by atoms with Crippen molar-refractivity contribution in [3.8, 4) is 0 Å². The normalized spacial score (nSPS) is 11.3. The van der Waals surface area contributed by atoms with E-state index in [-0.39, 0.29) is 6.04 Å². The topological polar surface area (TPSA) is 13.6 Å². The number of nitrogens with zero attached hydrogens (tertiary/aromatic N) is 4. The molecule has 11 aromatic carbocycles. The molecule has 1 heterocycles. The lowest BCUT2D eigenvalue weighted by Crippen LogP contribution is -2.40. The third-order valence-electron chi connectivity index (χ3n) is 13.3. The highest BCUT2D eigenvalue weighted by atomic mass is 15.2. The van der Waals surface area contributed by atoms with Crippen LogP contribution in [-0.4, -0.2) is 0 Å². The quantitative estimate of drug-likeness (QED) is 0.113. The molecule has 0 saturated carbocycles. The van der Waals surface area contributed by atoms with E-state index in [1.54, 1.807) is 0 Å². The van der Waals surface area contributed by atoms with Crippen molar-refractivity contribution in [1.29, 1.82) is 0 Å². The molecule has 0 saturated heterocycles. The minimum Gasteiger partial charge on any atom is -0.310 e. The highest BCUT2D eigenvalue weighted by Gasteiger charge is 2.26. The molecule has 0 fully saturated rings. The van der Waals surface area contributed by atoms with Gasteiger partial charge in [-0.3, -0.25) is 0 Å². The maximum absolute atomic E-state index is 2.35. The van der Waals surface area contributed by atoms with Crippen molar-refractivity contribution < 1.29 is 4.57 Å². The Bertz CT molecular complexity index is 3310. The van der Waals surface area contributed by atoms with E-state index in [4.69, 9.17) is 0 Å². The first-order chi connectivity index (χ1) is 34.7. The zero-order valence-electron chi connectivity index (χ0n) is 38.6. The molecule has 0 aliphatic carbocycles. The molecule has 0 radical (unpaired) electrons. The average molecular weight is 898 g/mol. The van der Waals surface area contributed by atoms with Crippen molar-refractivity contribution in [2.45, 2.75) is 6.04 Å². The number of para-hydroxylation sites is 3. The van der Waals surface area contributed by atoms with Crippen molar-refractivity contribution in [2.24, 2.45) is 0 Å². The molecule has 0 bridgehead atoms. The molecule has 70 heavy (non-hydrogen) atoms. The fraction of sp³-hybridized carbons (Fsp3) is 0.0152. The molecular weight excluding hydrogens is 849 g/mol. The number of hydrogen-bond donors (Lipinski definition) is 0. The molecule has 4 nitrogen and oxygen atoms in total. The summed E-state index contributed by atoms with van der Waals surface area (Å²) in [5.41, 5.74) is 12.2. The van der Waals surface area contributed by atoms with Gasteiger partial charge in [-0.15, -0.1) is 0 Å². The SMILES string of the molecule is c1ccc(N(c2ccc(C(c3ccc(N(c4ccccc4)c4ccc5ccccc5c4)cc3)[n+]3ccc(N(c4ccccc4)c4ccc5ccccc5c4)cc3)cc2)c2ccc3ccccc3c2)cc1. The summed E-state index contributed by atoms with van der Waals surface area (Å²) in [4.78, 5) is 7.03. The van der Waals surface area contributed by atoms with Crippen LogP contribution in [0, 0.1) is 0 Å². The second-order valence-electron chi connectivity index (χ2n) is 17.7. The van der Waals surface area contributed by atoms with Crippen molar-refractivity contribution in [1.82, 2.24) is 0 Å². The lowest BCUT2D eigenvalue weighted by Gasteiger charge is -2.27. The maximum atomic E-state index is 2.35. The first-order valence-electron chi connectivity index (χ1n) is 23.9. The van der Waals surface area contributed by atoms with Crippen LogP contribution in [0.25, 0.3) is 32.3 Å². The van der Waals surface area contributed by atoms with Gasteiger partial charge < -0.3 is 14.7 Å². The Labute approximate surface area is 409 Å². The fourth-order valence-corrected chi connectivity index (χ4v) is 9.92. The van der Waals surface area contributed by atoms with Gasteiger partial charge in [0.25, 0.3) is 0 Å². The van der Waals surface area contributed by atoms with E-state index in [1.807, 2.05) is 0 Å². The Kier molecular flexibility index (Phi) is 11.3. The summed E-state index contributed by atoms with van der Waals surface area (Å²) in [5.74, 6) is 0. The Hall–Kier alpha value is -9.25. The number of pyridine rings is 1. The summed E-state index contributed by atoms with van der Waals surface area (Å²) in [6.45, 7) is 0. The van der Waals surface area contributed by atoms with Crippen LogP contribution in [0.1, 0.15) is 17.2 Å². The molecule has 0 N–H and O–H groups in total. The largest absolute Gasteiger partial charge is 0.310 e. The van der Waals surface area contributed by atoms with Crippen LogP contribution in [0.3, 0.4) is 0 Å². The van der Waals surface area contributed by atoms with Crippen LogP contribution in [0.2, 0.25) is 0 Å². The van der Waals surface area contributed by atoms with Crippen molar-refractivity contribution >= 4 is 83.5 Å². The van der Waals surface area contributed by atoms with Gasteiger partial charge in [0, 0.05) is 68.8 Å². The number of anilines is 9. The summed E-state index contributed by atoms with van der Waals surface area (Å²) >= 11 is 0. The fourth-order valence-electron chi connectivity index (χ4n) is 9.92. The van der Waals surface area contributed by atoms with Crippen LogP contribution in [0.5, 0.6) is 0 Å². The van der Waals surface area contributed by atoms with Crippen LogP contribution < -0.4 is 19.3 Å². The summed E-state index contributed by atoms with van der Waals surface area (Å²) in [5, 5.41) is 7.28. The molecule has 0 aliphatic heterocycles. The van der Waals surface area contributed by atoms with E-state index >= 15 is 0 Å². The molecule has 332 valence electrons. The average Bonchev–Trinajstić information content (AvgIpc) is 3.43. The van der Waals surface area contributed by atoms with Gasteiger partial charge in [0.1, 0.15) is 0 Å². The number of fused-ring (bicyclic) bond motifs is 3. The zero-order chi connectivity index (χ0) is 46.6. The van der Waals surface area contributed by atoms with Gasteiger partial charge in [-0.2, -0.15) is 4.57 Å². The summed E-state index contributed by atoms with van der Waals surface area (Å²) in [7, 11) is 0. The zero-order valence-corrected chi connectivity index (χ0v) is 38.6. The molecule has 0 atom stereocenters. The monoisotopic (exact) mass is 897 g/mol. The van der Waals surface area contributed by atoms with Crippen molar-refractivity contribution in [3.63, 3.8) is 0 Å². The first kappa shape index (κ1) is 42.1.